The normalized spacial score (nSPS) is 29.4. The maximum absolute atomic E-state index is 11.7. The second-order valence-corrected chi connectivity index (χ2v) is 7.27. The van der Waals surface area contributed by atoms with Crippen LogP contribution < -0.4 is 5.69 Å². The van der Waals surface area contributed by atoms with Crippen molar-refractivity contribution < 1.29 is 4.42 Å². The van der Waals surface area contributed by atoms with Crippen LogP contribution in [-0.2, 0) is 23.7 Å². The zero-order chi connectivity index (χ0) is 14.8. The first-order valence-corrected chi connectivity index (χ1v) is 7.58. The van der Waals surface area contributed by atoms with E-state index in [1.807, 2.05) is 0 Å². The van der Waals surface area contributed by atoms with Gasteiger partial charge in [-0.25, -0.2) is 9.78 Å². The summed E-state index contributed by atoms with van der Waals surface area (Å²) in [6, 6.07) is 2.08. The molecule has 2 aromatic heterocycles. The van der Waals surface area contributed by atoms with E-state index in [1.165, 1.54) is 11.1 Å². The van der Waals surface area contributed by atoms with Crippen molar-refractivity contribution in [2.45, 2.75) is 50.9 Å². The lowest BCUT2D eigenvalue weighted by Gasteiger charge is -2.52. The molecule has 0 bridgehead atoms. The molecule has 0 aromatic carbocycles. The number of nitrogens with one attached hydrogen (secondary N) is 1. The molecule has 110 valence electrons. The average Bonchev–Trinajstić information content (AvgIpc) is 2.88. The summed E-state index contributed by atoms with van der Waals surface area (Å²) < 4.78 is 5.79. The number of furan rings is 1. The number of H-pyrrole nitrogens is 1. The Labute approximate surface area is 123 Å². The minimum atomic E-state index is -0.244. The first kappa shape index (κ1) is 12.9. The van der Waals surface area contributed by atoms with Crippen molar-refractivity contribution in [3.63, 3.8) is 0 Å². The molecule has 0 aliphatic heterocycles. The molecule has 0 saturated heterocycles. The highest BCUT2D eigenvalue weighted by Gasteiger charge is 2.54. The van der Waals surface area contributed by atoms with Crippen LogP contribution in [0.25, 0.3) is 0 Å². The topological polar surface area (TPSA) is 58.9 Å². The summed E-state index contributed by atoms with van der Waals surface area (Å²) >= 11 is 0. The van der Waals surface area contributed by atoms with E-state index in [-0.39, 0.29) is 16.5 Å². The zero-order valence-electron chi connectivity index (χ0n) is 12.7. The Morgan fingerprint density at radius 1 is 1.33 bits per heavy atom. The fraction of sp³-hybridized carbons (Fsp3) is 0.529. The molecule has 2 aromatic rings. The van der Waals surface area contributed by atoms with Gasteiger partial charge in [-0.2, -0.15) is 0 Å². The van der Waals surface area contributed by atoms with Gasteiger partial charge >= 0.3 is 5.69 Å². The minimum absolute atomic E-state index is 0.0241. The van der Waals surface area contributed by atoms with Crippen LogP contribution in [0.3, 0.4) is 0 Å². The van der Waals surface area contributed by atoms with E-state index in [2.05, 4.69) is 36.8 Å². The quantitative estimate of drug-likeness (QED) is 0.809. The predicted octanol–water partition coefficient (Wildman–Crippen LogP) is 2.72. The first-order chi connectivity index (χ1) is 9.93. The molecular formula is C17H20N2O2. The lowest BCUT2D eigenvalue weighted by molar-refractivity contribution is 0.114. The highest BCUT2D eigenvalue weighted by atomic mass is 16.3. The maximum atomic E-state index is 11.7. The van der Waals surface area contributed by atoms with Crippen LogP contribution in [0.4, 0.5) is 0 Å². The van der Waals surface area contributed by atoms with E-state index in [0.717, 1.165) is 30.7 Å². The smallest absolute Gasteiger partial charge is 0.345 e. The highest BCUT2D eigenvalue weighted by molar-refractivity contribution is 5.41. The fourth-order valence-electron chi connectivity index (χ4n) is 4.88. The van der Waals surface area contributed by atoms with Crippen LogP contribution in [0.1, 0.15) is 49.8 Å². The van der Waals surface area contributed by atoms with Crippen molar-refractivity contribution in [3.8, 4) is 0 Å². The van der Waals surface area contributed by atoms with Crippen molar-refractivity contribution in [3.05, 3.63) is 51.6 Å². The van der Waals surface area contributed by atoms with Gasteiger partial charge in [0.1, 0.15) is 5.76 Å². The Bertz CT molecular complexity index is 771. The Balaban J connectivity index is 1.97. The Morgan fingerprint density at radius 2 is 2.14 bits per heavy atom. The average molecular weight is 284 g/mol. The Morgan fingerprint density at radius 3 is 2.95 bits per heavy atom. The monoisotopic (exact) mass is 284 g/mol. The van der Waals surface area contributed by atoms with Crippen LogP contribution in [0, 0.1) is 5.92 Å². The third-order valence-corrected chi connectivity index (χ3v) is 5.69. The fourth-order valence-corrected chi connectivity index (χ4v) is 4.88. The minimum Gasteiger partial charge on any atom is -0.468 e. The molecule has 2 aliphatic carbocycles. The van der Waals surface area contributed by atoms with Crippen LogP contribution in [0.2, 0.25) is 0 Å². The number of aromatic amines is 1. The van der Waals surface area contributed by atoms with Gasteiger partial charge in [0.25, 0.3) is 0 Å². The van der Waals surface area contributed by atoms with E-state index in [1.54, 1.807) is 12.5 Å². The number of aromatic nitrogens is 2. The van der Waals surface area contributed by atoms with Crippen LogP contribution in [0.5, 0.6) is 0 Å². The van der Waals surface area contributed by atoms with Crippen LogP contribution >= 0.6 is 0 Å². The summed E-state index contributed by atoms with van der Waals surface area (Å²) in [7, 11) is 0. The molecule has 21 heavy (non-hydrogen) atoms. The van der Waals surface area contributed by atoms with Gasteiger partial charge in [-0.05, 0) is 42.4 Å². The van der Waals surface area contributed by atoms with Gasteiger partial charge in [-0.3, -0.25) is 0 Å². The zero-order valence-corrected chi connectivity index (χ0v) is 12.7. The van der Waals surface area contributed by atoms with E-state index in [0.29, 0.717) is 5.92 Å². The van der Waals surface area contributed by atoms with Crippen molar-refractivity contribution >= 4 is 0 Å². The summed E-state index contributed by atoms with van der Waals surface area (Å²) in [4.78, 5) is 18.7. The Hall–Kier alpha value is -1.84. The number of hydrogen-bond donors (Lipinski definition) is 1. The molecule has 0 saturated carbocycles. The number of rotatable bonds is 0. The molecule has 4 heteroatoms. The molecule has 2 heterocycles. The lowest BCUT2D eigenvalue weighted by atomic mass is 9.51. The third-order valence-electron chi connectivity index (χ3n) is 5.69. The first-order valence-electron chi connectivity index (χ1n) is 7.58. The van der Waals surface area contributed by atoms with E-state index in [4.69, 9.17) is 4.42 Å². The molecule has 0 radical (unpaired) electrons. The number of nitrogens with zero attached hydrogens (tertiary/aromatic N) is 1. The van der Waals surface area contributed by atoms with E-state index in [9.17, 15) is 4.79 Å². The van der Waals surface area contributed by atoms with Gasteiger partial charge < -0.3 is 9.40 Å². The molecule has 0 amide bonds. The van der Waals surface area contributed by atoms with Gasteiger partial charge in [-0.1, -0.05) is 20.8 Å². The number of hydrogen-bond acceptors (Lipinski definition) is 3. The second kappa shape index (κ2) is 3.87. The third kappa shape index (κ3) is 1.56. The van der Waals surface area contributed by atoms with E-state index >= 15 is 0 Å². The van der Waals surface area contributed by atoms with Gasteiger partial charge in [0.05, 0.1) is 6.26 Å². The Kier molecular flexibility index (Phi) is 2.37. The summed E-state index contributed by atoms with van der Waals surface area (Å²) in [6.07, 6.45) is 6.54. The largest absolute Gasteiger partial charge is 0.468 e. The van der Waals surface area contributed by atoms with Crippen LogP contribution in [-0.4, -0.2) is 9.97 Å². The van der Waals surface area contributed by atoms with Gasteiger partial charge in [0.2, 0.25) is 0 Å². The second-order valence-electron chi connectivity index (χ2n) is 7.27. The summed E-state index contributed by atoms with van der Waals surface area (Å²) in [5.41, 5.74) is 3.21. The molecule has 2 aliphatic rings. The molecule has 2 atom stereocenters. The standard InChI is InChI=1S/C17H20N2O2/c1-16(2)12-5-4-11-9-18-15(20)19-13(11)17(12,3)8-10-6-7-21-14(10)16/h6-7,9,12H,4-5,8H2,1-3H3,(H,18,19,20)/t12-,17-/m0/s1. The molecule has 0 fully saturated rings. The molecule has 1 N–H and O–H groups in total. The molecule has 0 spiro atoms. The molecule has 4 nitrogen and oxygen atoms in total. The lowest BCUT2D eigenvalue weighted by Crippen LogP contribution is -2.52. The summed E-state index contributed by atoms with van der Waals surface area (Å²) in [5, 5.41) is 0. The number of fused-ring (bicyclic) bond motifs is 4. The van der Waals surface area contributed by atoms with E-state index < -0.39 is 0 Å². The van der Waals surface area contributed by atoms with Crippen LogP contribution in [0.15, 0.2) is 27.7 Å². The molecule has 0 unspecified atom stereocenters. The van der Waals surface area contributed by atoms with Gasteiger partial charge in [-0.15, -0.1) is 0 Å². The van der Waals surface area contributed by atoms with Gasteiger partial charge in [0, 0.05) is 22.7 Å². The van der Waals surface area contributed by atoms with Crippen molar-refractivity contribution in [1.82, 2.24) is 9.97 Å². The molecular weight excluding hydrogens is 264 g/mol. The highest BCUT2D eigenvalue weighted by Crippen LogP contribution is 2.55. The number of aryl methyl sites for hydroxylation is 1. The SMILES string of the molecule is CC1(C)c2occc2C[C@]2(C)c3[nH]c(=O)ncc3CC[C@@H]12. The summed E-state index contributed by atoms with van der Waals surface area (Å²) in [5.74, 6) is 1.57. The van der Waals surface area contributed by atoms with Crippen molar-refractivity contribution in [2.24, 2.45) is 5.92 Å². The maximum Gasteiger partial charge on any atom is 0.345 e. The predicted molar refractivity (Wildman–Crippen MR) is 79.5 cm³/mol. The summed E-state index contributed by atoms with van der Waals surface area (Å²) in [6.45, 7) is 6.81. The van der Waals surface area contributed by atoms with Gasteiger partial charge in [0.15, 0.2) is 0 Å². The van der Waals surface area contributed by atoms with Crippen molar-refractivity contribution in [1.29, 1.82) is 0 Å². The van der Waals surface area contributed by atoms with Crippen molar-refractivity contribution in [2.75, 3.05) is 0 Å². The molecule has 4 rings (SSSR count).